The van der Waals surface area contributed by atoms with E-state index in [4.69, 9.17) is 0 Å². The van der Waals surface area contributed by atoms with Gasteiger partial charge in [0.15, 0.2) is 0 Å². The third-order valence-electron chi connectivity index (χ3n) is 4.22. The monoisotopic (exact) mass is 181 g/mol. The number of rotatable bonds is 3. The molecule has 2 fully saturated rings. The largest absolute Gasteiger partial charge is 0.311 e. The second-order valence-electron chi connectivity index (χ2n) is 5.48. The Kier molecular flexibility index (Phi) is 2.64. The summed E-state index contributed by atoms with van der Waals surface area (Å²) in [7, 11) is 0. The van der Waals surface area contributed by atoms with Crippen LogP contribution >= 0.6 is 0 Å². The molecule has 76 valence electrons. The summed E-state index contributed by atoms with van der Waals surface area (Å²) in [4.78, 5) is 0. The molecule has 2 aliphatic rings. The van der Waals surface area contributed by atoms with Crippen molar-refractivity contribution >= 4 is 0 Å². The van der Waals surface area contributed by atoms with Gasteiger partial charge in [-0.15, -0.1) is 0 Å². The summed E-state index contributed by atoms with van der Waals surface area (Å²) in [5.74, 6) is 2.87. The first-order chi connectivity index (χ1) is 6.16. The number of fused-ring (bicyclic) bond motifs is 2. The van der Waals surface area contributed by atoms with Gasteiger partial charge in [0.25, 0.3) is 0 Å². The summed E-state index contributed by atoms with van der Waals surface area (Å²) in [5, 5.41) is 3.81. The van der Waals surface area contributed by atoms with Crippen LogP contribution in [0.25, 0.3) is 0 Å². The van der Waals surface area contributed by atoms with E-state index in [9.17, 15) is 0 Å². The van der Waals surface area contributed by atoms with Gasteiger partial charge in [-0.3, -0.25) is 0 Å². The average molecular weight is 181 g/mol. The first kappa shape index (κ1) is 9.51. The van der Waals surface area contributed by atoms with Crippen LogP contribution < -0.4 is 5.32 Å². The van der Waals surface area contributed by atoms with Gasteiger partial charge < -0.3 is 5.32 Å². The van der Waals surface area contributed by atoms with Gasteiger partial charge in [-0.2, -0.15) is 0 Å². The fraction of sp³-hybridized carbons (Fsp3) is 1.00. The van der Waals surface area contributed by atoms with E-state index in [2.05, 4.69) is 26.1 Å². The maximum atomic E-state index is 3.81. The number of hydrogen-bond acceptors (Lipinski definition) is 1. The molecule has 1 N–H and O–H groups in total. The highest BCUT2D eigenvalue weighted by molar-refractivity contribution is 4.95. The van der Waals surface area contributed by atoms with Gasteiger partial charge in [-0.1, -0.05) is 20.3 Å². The first-order valence-corrected chi connectivity index (χ1v) is 5.93. The SMILES string of the molecule is CC(C)[C@H](C)N[C@H]1C[C@H]2CC[C@H]1C2. The minimum Gasteiger partial charge on any atom is -0.311 e. The van der Waals surface area contributed by atoms with Crippen LogP contribution in [0.1, 0.15) is 46.5 Å². The molecule has 0 aromatic carbocycles. The predicted molar refractivity (Wildman–Crippen MR) is 56.7 cm³/mol. The Morgan fingerprint density at radius 3 is 2.31 bits per heavy atom. The van der Waals surface area contributed by atoms with Crippen molar-refractivity contribution in [3.8, 4) is 0 Å². The Labute approximate surface area is 82.3 Å². The minimum atomic E-state index is 0.698. The van der Waals surface area contributed by atoms with E-state index < -0.39 is 0 Å². The molecular formula is C12H23N. The van der Waals surface area contributed by atoms with Crippen molar-refractivity contribution in [3.05, 3.63) is 0 Å². The Morgan fingerprint density at radius 1 is 1.08 bits per heavy atom. The lowest BCUT2D eigenvalue weighted by atomic mass is 9.93. The zero-order valence-corrected chi connectivity index (χ0v) is 9.22. The van der Waals surface area contributed by atoms with Crippen LogP contribution in [0, 0.1) is 17.8 Å². The van der Waals surface area contributed by atoms with Gasteiger partial charge in [-0.05, 0) is 43.9 Å². The van der Waals surface area contributed by atoms with Crippen molar-refractivity contribution in [2.75, 3.05) is 0 Å². The molecule has 1 heteroatoms. The molecule has 0 spiro atoms. The molecule has 0 amide bonds. The van der Waals surface area contributed by atoms with Crippen molar-refractivity contribution in [1.82, 2.24) is 5.32 Å². The van der Waals surface area contributed by atoms with Crippen molar-refractivity contribution in [2.45, 2.75) is 58.5 Å². The molecule has 0 aromatic rings. The lowest BCUT2D eigenvalue weighted by molar-refractivity contribution is 0.294. The predicted octanol–water partition coefficient (Wildman–Crippen LogP) is 2.81. The third-order valence-corrected chi connectivity index (χ3v) is 4.22. The van der Waals surface area contributed by atoms with Crippen LogP contribution in [0.15, 0.2) is 0 Å². The van der Waals surface area contributed by atoms with Crippen molar-refractivity contribution in [2.24, 2.45) is 17.8 Å². The summed E-state index contributed by atoms with van der Waals surface area (Å²) in [6.45, 7) is 6.95. The molecular weight excluding hydrogens is 158 g/mol. The Hall–Kier alpha value is -0.0400. The van der Waals surface area contributed by atoms with E-state index in [1.807, 2.05) is 0 Å². The minimum absolute atomic E-state index is 0.698. The Morgan fingerprint density at radius 2 is 1.85 bits per heavy atom. The highest BCUT2D eigenvalue weighted by Crippen LogP contribution is 2.44. The summed E-state index contributed by atoms with van der Waals surface area (Å²) in [5.41, 5.74) is 0. The lowest BCUT2D eigenvalue weighted by Gasteiger charge is -2.28. The van der Waals surface area contributed by atoms with Crippen LogP contribution in [0.2, 0.25) is 0 Å². The van der Waals surface area contributed by atoms with Gasteiger partial charge in [0.1, 0.15) is 0 Å². The molecule has 0 heterocycles. The topological polar surface area (TPSA) is 12.0 Å². The second-order valence-corrected chi connectivity index (χ2v) is 5.48. The Bertz CT molecular complexity index is 176. The second kappa shape index (κ2) is 3.61. The molecule has 0 saturated heterocycles. The normalized spacial score (nSPS) is 40.2. The molecule has 2 rings (SSSR count). The quantitative estimate of drug-likeness (QED) is 0.706. The van der Waals surface area contributed by atoms with Gasteiger partial charge in [0, 0.05) is 12.1 Å². The van der Waals surface area contributed by atoms with E-state index >= 15 is 0 Å². The molecule has 0 aromatic heterocycles. The van der Waals surface area contributed by atoms with E-state index in [-0.39, 0.29) is 0 Å². The van der Waals surface area contributed by atoms with Crippen LogP contribution in [0.5, 0.6) is 0 Å². The third kappa shape index (κ3) is 1.90. The summed E-state index contributed by atoms with van der Waals surface area (Å²) in [6, 6.07) is 1.56. The molecule has 13 heavy (non-hydrogen) atoms. The van der Waals surface area contributed by atoms with Gasteiger partial charge in [-0.25, -0.2) is 0 Å². The molecule has 4 atom stereocenters. The average Bonchev–Trinajstić information content (AvgIpc) is 2.64. The van der Waals surface area contributed by atoms with E-state index in [0.717, 1.165) is 23.8 Å². The van der Waals surface area contributed by atoms with E-state index in [0.29, 0.717) is 6.04 Å². The highest BCUT2D eigenvalue weighted by atomic mass is 15.0. The number of hydrogen-bond donors (Lipinski definition) is 1. The van der Waals surface area contributed by atoms with Crippen molar-refractivity contribution in [3.63, 3.8) is 0 Å². The standard InChI is InChI=1S/C12H23N/c1-8(2)9(3)13-12-7-10-4-5-11(12)6-10/h8-13H,4-7H2,1-3H3/t9-,10-,11-,12-/m0/s1. The first-order valence-electron chi connectivity index (χ1n) is 5.93. The fourth-order valence-electron chi connectivity index (χ4n) is 2.98. The maximum absolute atomic E-state index is 3.81. The van der Waals surface area contributed by atoms with Crippen molar-refractivity contribution in [1.29, 1.82) is 0 Å². The maximum Gasteiger partial charge on any atom is 0.0101 e. The smallest absolute Gasteiger partial charge is 0.0101 e. The molecule has 1 nitrogen and oxygen atoms in total. The molecule has 2 bridgehead atoms. The lowest BCUT2D eigenvalue weighted by Crippen LogP contribution is -2.42. The van der Waals surface area contributed by atoms with E-state index in [1.165, 1.54) is 25.7 Å². The van der Waals surface area contributed by atoms with Crippen molar-refractivity contribution < 1.29 is 0 Å². The zero-order valence-electron chi connectivity index (χ0n) is 9.22. The van der Waals surface area contributed by atoms with E-state index in [1.54, 1.807) is 0 Å². The van der Waals surface area contributed by atoms with Gasteiger partial charge >= 0.3 is 0 Å². The van der Waals surface area contributed by atoms with Crippen LogP contribution in [0.3, 0.4) is 0 Å². The van der Waals surface area contributed by atoms with Crippen LogP contribution in [0.4, 0.5) is 0 Å². The fourth-order valence-corrected chi connectivity index (χ4v) is 2.98. The highest BCUT2D eigenvalue weighted by Gasteiger charge is 2.39. The molecule has 0 unspecified atom stereocenters. The summed E-state index contributed by atoms with van der Waals surface area (Å²) >= 11 is 0. The van der Waals surface area contributed by atoms with Gasteiger partial charge in [0.2, 0.25) is 0 Å². The van der Waals surface area contributed by atoms with Gasteiger partial charge in [0.05, 0.1) is 0 Å². The molecule has 0 radical (unpaired) electrons. The summed E-state index contributed by atoms with van der Waals surface area (Å²) < 4.78 is 0. The number of nitrogens with one attached hydrogen (secondary N) is 1. The summed E-state index contributed by atoms with van der Waals surface area (Å²) in [6.07, 6.45) is 5.98. The van der Waals surface area contributed by atoms with Crippen LogP contribution in [-0.4, -0.2) is 12.1 Å². The molecule has 0 aliphatic heterocycles. The molecule has 2 saturated carbocycles. The Balaban J connectivity index is 1.83. The molecule has 2 aliphatic carbocycles. The zero-order chi connectivity index (χ0) is 9.42. The van der Waals surface area contributed by atoms with Crippen LogP contribution in [-0.2, 0) is 0 Å².